The Morgan fingerprint density at radius 2 is 1.22 bits per heavy atom. The molecule has 0 saturated heterocycles. The molecule has 0 aromatic carbocycles. The Balaban J connectivity index is 5.00. The van der Waals surface area contributed by atoms with Crippen molar-refractivity contribution in [2.75, 3.05) is 28.4 Å². The number of methoxy groups -OCH3 is 4. The van der Waals surface area contributed by atoms with E-state index >= 15 is 0 Å². The lowest BCUT2D eigenvalue weighted by molar-refractivity contribution is -0.258. The minimum Gasteiger partial charge on any atom is -0.369 e. The van der Waals surface area contributed by atoms with Gasteiger partial charge in [-0.3, -0.25) is 4.90 Å². The summed E-state index contributed by atoms with van der Waals surface area (Å²) in [5.41, 5.74) is 5.08. The Labute approximate surface area is 105 Å². The molecule has 4 N–H and O–H groups in total. The normalized spacial score (nSPS) is 14.9. The van der Waals surface area contributed by atoms with Gasteiger partial charge in [0, 0.05) is 28.4 Å². The first-order valence-corrected chi connectivity index (χ1v) is 4.99. The molecule has 0 aromatic rings. The zero-order valence-electron chi connectivity index (χ0n) is 10.8. The second kappa shape index (κ2) is 8.19. The highest BCUT2D eigenvalue weighted by Gasteiger charge is 2.37. The molecule has 0 radical (unpaired) electrons. The fraction of sp³-hybridized carbons (Fsp3) is 0.889. The van der Waals surface area contributed by atoms with Crippen molar-refractivity contribution in [2.45, 2.75) is 25.0 Å². The number of carbonyl (C=O) groups excluding carboxylic acids is 1. The predicted molar refractivity (Wildman–Crippen MR) is 59.0 cm³/mol. The van der Waals surface area contributed by atoms with Crippen molar-refractivity contribution in [3.8, 4) is 0 Å². The Morgan fingerprint density at radius 3 is 1.39 bits per heavy atom. The molecule has 9 heteroatoms. The maximum atomic E-state index is 11.3. The quantitative estimate of drug-likeness (QED) is 0.445. The number of nitrogens with zero attached hydrogens (tertiary/aromatic N) is 1. The van der Waals surface area contributed by atoms with Crippen molar-refractivity contribution in [1.82, 2.24) is 4.90 Å². The van der Waals surface area contributed by atoms with Crippen molar-refractivity contribution in [3.05, 3.63) is 0 Å². The molecule has 0 rings (SSSR count). The zero-order valence-corrected chi connectivity index (χ0v) is 10.8. The van der Waals surface area contributed by atoms with E-state index in [0.29, 0.717) is 4.90 Å². The van der Waals surface area contributed by atoms with Crippen molar-refractivity contribution in [1.29, 1.82) is 0 Å². The van der Waals surface area contributed by atoms with E-state index in [4.69, 9.17) is 24.7 Å². The third-order valence-corrected chi connectivity index (χ3v) is 2.24. The van der Waals surface area contributed by atoms with Crippen LogP contribution in [-0.2, 0) is 18.9 Å². The zero-order chi connectivity index (χ0) is 14.3. The molecule has 2 unspecified atom stereocenters. The molecule has 0 aromatic heterocycles. The molecule has 0 saturated carbocycles. The summed E-state index contributed by atoms with van der Waals surface area (Å²) in [6.07, 6.45) is -5.61. The largest absolute Gasteiger partial charge is 0.369 e. The second-order valence-corrected chi connectivity index (χ2v) is 3.25. The molecule has 0 spiro atoms. The maximum Gasteiger partial charge on any atom is 0.319 e. The van der Waals surface area contributed by atoms with E-state index in [1.807, 2.05) is 0 Å². The Morgan fingerprint density at radius 1 is 0.944 bits per heavy atom. The smallest absolute Gasteiger partial charge is 0.319 e. The summed E-state index contributed by atoms with van der Waals surface area (Å²) >= 11 is 0. The van der Waals surface area contributed by atoms with Crippen molar-refractivity contribution >= 4 is 6.03 Å². The number of amides is 2. The summed E-state index contributed by atoms with van der Waals surface area (Å²) in [5.74, 6) is 0. The third kappa shape index (κ3) is 4.05. The van der Waals surface area contributed by atoms with Gasteiger partial charge in [0.05, 0.1) is 0 Å². The van der Waals surface area contributed by atoms with Crippen molar-refractivity contribution < 1.29 is 34.0 Å². The van der Waals surface area contributed by atoms with Gasteiger partial charge in [0.2, 0.25) is 12.6 Å². The number of ether oxygens (including phenoxy) is 4. The van der Waals surface area contributed by atoms with Crippen LogP contribution in [0.4, 0.5) is 4.79 Å². The van der Waals surface area contributed by atoms with Gasteiger partial charge in [-0.15, -0.1) is 0 Å². The molecule has 18 heavy (non-hydrogen) atoms. The standard InChI is InChI=1S/C9H20N2O7/c1-15-7(16-2)5(12)11(9(10)14)6(13)8(17-3)18-4/h5-8,12-13H,1-4H3,(H2,10,14). The fourth-order valence-electron chi connectivity index (χ4n) is 1.36. The molecular formula is C9H20N2O7. The predicted octanol–water partition coefficient (Wildman–Crippen LogP) is -1.76. The lowest BCUT2D eigenvalue weighted by Gasteiger charge is -2.36. The van der Waals surface area contributed by atoms with Crippen LogP contribution in [0.5, 0.6) is 0 Å². The summed E-state index contributed by atoms with van der Waals surface area (Å²) in [5, 5.41) is 19.7. The summed E-state index contributed by atoms with van der Waals surface area (Å²) < 4.78 is 19.1. The number of nitrogens with two attached hydrogens (primary N) is 1. The number of aliphatic hydroxyl groups is 2. The van der Waals surface area contributed by atoms with Crippen LogP contribution in [0.3, 0.4) is 0 Å². The van der Waals surface area contributed by atoms with Crippen LogP contribution in [0.1, 0.15) is 0 Å². The average Bonchev–Trinajstić information content (AvgIpc) is 2.31. The maximum absolute atomic E-state index is 11.3. The van der Waals surface area contributed by atoms with Gasteiger partial charge in [0.1, 0.15) is 0 Å². The molecule has 0 bridgehead atoms. The molecule has 0 aliphatic carbocycles. The minimum atomic E-state index is -1.62. The molecular weight excluding hydrogens is 248 g/mol. The topological polar surface area (TPSA) is 124 Å². The Hall–Kier alpha value is -0.970. The van der Waals surface area contributed by atoms with Crippen LogP contribution in [0, 0.1) is 0 Å². The Bertz CT molecular complexity index is 227. The SMILES string of the molecule is COC(OC)C(O)N(C(N)=O)C(O)C(OC)OC. The van der Waals surface area contributed by atoms with Gasteiger partial charge >= 0.3 is 6.03 Å². The monoisotopic (exact) mass is 268 g/mol. The van der Waals surface area contributed by atoms with E-state index in [-0.39, 0.29) is 0 Å². The number of rotatable bonds is 8. The highest BCUT2D eigenvalue weighted by atomic mass is 16.7. The fourth-order valence-corrected chi connectivity index (χ4v) is 1.36. The molecule has 2 amide bonds. The number of aliphatic hydroxyl groups excluding tert-OH is 2. The lowest BCUT2D eigenvalue weighted by Crippen LogP contribution is -2.59. The van der Waals surface area contributed by atoms with Gasteiger partial charge in [-0.1, -0.05) is 0 Å². The first kappa shape index (κ1) is 17.0. The van der Waals surface area contributed by atoms with E-state index in [2.05, 4.69) is 0 Å². The average molecular weight is 268 g/mol. The lowest BCUT2D eigenvalue weighted by atomic mass is 10.4. The van der Waals surface area contributed by atoms with E-state index in [1.165, 1.54) is 28.4 Å². The summed E-state index contributed by atoms with van der Waals surface area (Å²) in [7, 11) is 5.03. The minimum absolute atomic E-state index is 0.523. The molecule has 108 valence electrons. The first-order chi connectivity index (χ1) is 8.44. The van der Waals surface area contributed by atoms with E-state index in [0.717, 1.165) is 0 Å². The number of hydrogen-bond acceptors (Lipinski definition) is 7. The van der Waals surface area contributed by atoms with Gasteiger partial charge in [0.25, 0.3) is 0 Å². The summed E-state index contributed by atoms with van der Waals surface area (Å²) in [6.45, 7) is 0. The van der Waals surface area contributed by atoms with Crippen LogP contribution in [0.15, 0.2) is 0 Å². The van der Waals surface area contributed by atoms with E-state index in [9.17, 15) is 15.0 Å². The first-order valence-electron chi connectivity index (χ1n) is 4.99. The third-order valence-electron chi connectivity index (χ3n) is 2.24. The van der Waals surface area contributed by atoms with Gasteiger partial charge in [-0.2, -0.15) is 0 Å². The van der Waals surface area contributed by atoms with Crippen LogP contribution >= 0.6 is 0 Å². The molecule has 0 aliphatic rings. The van der Waals surface area contributed by atoms with Gasteiger partial charge in [-0.05, 0) is 0 Å². The summed E-state index contributed by atoms with van der Waals surface area (Å²) in [6, 6.07) is -1.09. The van der Waals surface area contributed by atoms with E-state index < -0.39 is 31.1 Å². The Kier molecular flexibility index (Phi) is 7.75. The highest BCUT2D eigenvalue weighted by molar-refractivity contribution is 5.72. The number of primary amides is 1. The van der Waals surface area contributed by atoms with E-state index in [1.54, 1.807) is 0 Å². The van der Waals surface area contributed by atoms with Gasteiger partial charge in [0.15, 0.2) is 12.5 Å². The number of urea groups is 1. The highest BCUT2D eigenvalue weighted by Crippen LogP contribution is 2.13. The molecule has 9 nitrogen and oxygen atoms in total. The summed E-state index contributed by atoms with van der Waals surface area (Å²) in [4.78, 5) is 11.8. The van der Waals surface area contributed by atoms with Crippen LogP contribution in [0.25, 0.3) is 0 Å². The van der Waals surface area contributed by atoms with Crippen LogP contribution < -0.4 is 5.73 Å². The molecule has 0 aliphatic heterocycles. The number of carbonyl (C=O) groups is 1. The van der Waals surface area contributed by atoms with Gasteiger partial charge < -0.3 is 34.9 Å². The number of hydrogen-bond donors (Lipinski definition) is 3. The molecule has 2 atom stereocenters. The van der Waals surface area contributed by atoms with Crippen LogP contribution in [0.2, 0.25) is 0 Å². The van der Waals surface area contributed by atoms with Gasteiger partial charge in [-0.25, -0.2) is 4.79 Å². The molecule has 0 heterocycles. The molecule has 0 fully saturated rings. The van der Waals surface area contributed by atoms with Crippen molar-refractivity contribution in [2.24, 2.45) is 5.73 Å². The van der Waals surface area contributed by atoms with Crippen molar-refractivity contribution in [3.63, 3.8) is 0 Å². The van der Waals surface area contributed by atoms with Crippen LogP contribution in [-0.4, -0.2) is 74.6 Å². The second-order valence-electron chi connectivity index (χ2n) is 3.25.